The summed E-state index contributed by atoms with van der Waals surface area (Å²) in [7, 11) is 0. The number of hydrogen-bond donors (Lipinski definition) is 1. The molecule has 1 saturated heterocycles. The Morgan fingerprint density at radius 2 is 1.68 bits per heavy atom. The fraction of sp³-hybridized carbons (Fsp3) is 0.500. The highest BCUT2D eigenvalue weighted by molar-refractivity contribution is 5.97. The van der Waals surface area contributed by atoms with Crippen LogP contribution in [0.15, 0.2) is 42.5 Å². The smallest absolute Gasteiger partial charge is 0.335 e. The fourth-order valence-corrected chi connectivity index (χ4v) is 5.15. The van der Waals surface area contributed by atoms with Crippen LogP contribution < -0.4 is 4.74 Å². The standard InChI is InChI=1S/C26H30N2O4.C2H6/c29-25-24-9-8-23(32-17-18-4-6-19(7-5-18)26(30)31)16-20(24)10-15-28(25)22-11-13-27(14-12-22)21-2-1-3-21;1-2/h4-9,16,21-22H,1-3,10-15,17H2,(H,30,31);1-2H3. The van der Waals surface area contributed by atoms with Crippen LogP contribution in [0, 0.1) is 0 Å². The van der Waals surface area contributed by atoms with Crippen LogP contribution in [-0.4, -0.2) is 58.5 Å². The molecule has 1 saturated carbocycles. The maximum atomic E-state index is 13.2. The van der Waals surface area contributed by atoms with Gasteiger partial charge in [0.25, 0.3) is 5.91 Å². The van der Waals surface area contributed by atoms with Gasteiger partial charge in [0.2, 0.25) is 0 Å². The van der Waals surface area contributed by atoms with Crippen LogP contribution in [0.4, 0.5) is 0 Å². The number of nitrogens with zero attached hydrogens (tertiary/aromatic N) is 2. The molecule has 0 bridgehead atoms. The van der Waals surface area contributed by atoms with E-state index in [2.05, 4.69) is 9.80 Å². The Hall–Kier alpha value is -2.86. The molecule has 0 spiro atoms. The first-order valence-electron chi connectivity index (χ1n) is 12.7. The fourth-order valence-electron chi connectivity index (χ4n) is 5.15. The number of carboxylic acids is 1. The predicted molar refractivity (Wildman–Crippen MR) is 132 cm³/mol. The van der Waals surface area contributed by atoms with E-state index in [0.717, 1.165) is 67.4 Å². The topological polar surface area (TPSA) is 70.1 Å². The van der Waals surface area contributed by atoms with Crippen LogP contribution in [0.3, 0.4) is 0 Å². The van der Waals surface area contributed by atoms with E-state index in [1.54, 1.807) is 24.3 Å². The lowest BCUT2D eigenvalue weighted by atomic mass is 9.88. The van der Waals surface area contributed by atoms with E-state index >= 15 is 0 Å². The third kappa shape index (κ3) is 5.27. The summed E-state index contributed by atoms with van der Waals surface area (Å²) in [6, 6.07) is 13.6. The summed E-state index contributed by atoms with van der Waals surface area (Å²) in [4.78, 5) is 28.9. The Labute approximate surface area is 202 Å². The Bertz CT molecular complexity index is 992. The van der Waals surface area contributed by atoms with Crippen molar-refractivity contribution in [3.05, 3.63) is 64.7 Å². The number of carbonyl (C=O) groups excluding carboxylic acids is 1. The molecular formula is C28H36N2O4. The Morgan fingerprint density at radius 3 is 2.29 bits per heavy atom. The summed E-state index contributed by atoms with van der Waals surface area (Å²) in [6.45, 7) is 7.37. The van der Waals surface area contributed by atoms with Crippen molar-refractivity contribution < 1.29 is 19.4 Å². The summed E-state index contributed by atoms with van der Waals surface area (Å²) < 4.78 is 5.91. The van der Waals surface area contributed by atoms with Gasteiger partial charge in [0.05, 0.1) is 5.56 Å². The first-order chi connectivity index (χ1) is 16.6. The molecule has 2 aromatic carbocycles. The van der Waals surface area contributed by atoms with Crippen LogP contribution in [-0.2, 0) is 13.0 Å². The molecule has 6 nitrogen and oxygen atoms in total. The predicted octanol–water partition coefficient (Wildman–Crippen LogP) is 5.01. The lowest BCUT2D eigenvalue weighted by Crippen LogP contribution is -2.52. The number of fused-ring (bicyclic) bond motifs is 1. The SMILES string of the molecule is CC.O=C(O)c1ccc(COc2ccc3c(c2)CCN(C2CCN(C4CCC4)CC2)C3=O)cc1. The van der Waals surface area contributed by atoms with Crippen molar-refractivity contribution in [2.75, 3.05) is 19.6 Å². The zero-order valence-electron chi connectivity index (χ0n) is 20.3. The first-order valence-corrected chi connectivity index (χ1v) is 12.7. The second-order valence-electron chi connectivity index (χ2n) is 9.21. The number of carboxylic acid groups (broad SMARTS) is 1. The van der Waals surface area contributed by atoms with Crippen molar-refractivity contribution in [1.82, 2.24) is 9.80 Å². The number of hydrogen-bond acceptors (Lipinski definition) is 4. The van der Waals surface area contributed by atoms with Crippen LogP contribution in [0.2, 0.25) is 0 Å². The minimum Gasteiger partial charge on any atom is -0.489 e. The molecule has 2 aliphatic heterocycles. The molecule has 2 heterocycles. The van der Waals surface area contributed by atoms with E-state index in [4.69, 9.17) is 9.84 Å². The summed E-state index contributed by atoms with van der Waals surface area (Å²) in [6.07, 6.45) is 7.08. The highest BCUT2D eigenvalue weighted by atomic mass is 16.5. The first kappa shape index (κ1) is 24.3. The highest BCUT2D eigenvalue weighted by Gasteiger charge is 2.34. The van der Waals surface area contributed by atoms with Crippen LogP contribution in [0.1, 0.15) is 77.8 Å². The maximum Gasteiger partial charge on any atom is 0.335 e. The quantitative estimate of drug-likeness (QED) is 0.651. The van der Waals surface area contributed by atoms with E-state index in [1.807, 2.05) is 32.0 Å². The normalized spacial score (nSPS) is 19.0. The number of aromatic carboxylic acids is 1. The van der Waals surface area contributed by atoms with Crippen LogP contribution in [0.5, 0.6) is 5.75 Å². The van der Waals surface area contributed by atoms with Gasteiger partial charge in [-0.25, -0.2) is 4.79 Å². The van der Waals surface area contributed by atoms with Gasteiger partial charge in [0.1, 0.15) is 12.4 Å². The largest absolute Gasteiger partial charge is 0.489 e. The van der Waals surface area contributed by atoms with Gasteiger partial charge >= 0.3 is 5.97 Å². The lowest BCUT2D eigenvalue weighted by Gasteiger charge is -2.45. The Morgan fingerprint density at radius 1 is 0.971 bits per heavy atom. The van der Waals surface area contributed by atoms with Gasteiger partial charge in [-0.15, -0.1) is 0 Å². The number of likely N-dealkylation sites (tertiary alicyclic amines) is 1. The summed E-state index contributed by atoms with van der Waals surface area (Å²) >= 11 is 0. The molecular weight excluding hydrogens is 428 g/mol. The van der Waals surface area contributed by atoms with E-state index in [1.165, 1.54) is 19.3 Å². The van der Waals surface area contributed by atoms with Crippen molar-refractivity contribution in [2.45, 2.75) is 71.1 Å². The molecule has 1 aliphatic carbocycles. The van der Waals surface area contributed by atoms with E-state index in [9.17, 15) is 9.59 Å². The third-order valence-electron chi connectivity index (χ3n) is 7.33. The number of rotatable bonds is 6. The summed E-state index contributed by atoms with van der Waals surface area (Å²) in [5.74, 6) is -0.0416. The molecule has 0 unspecified atom stereocenters. The Kier molecular flexibility index (Phi) is 7.88. The van der Waals surface area contributed by atoms with Gasteiger partial charge in [-0.1, -0.05) is 32.4 Å². The molecule has 1 N–H and O–H groups in total. The molecule has 0 radical (unpaired) electrons. The van der Waals surface area contributed by atoms with Crippen molar-refractivity contribution in [3.63, 3.8) is 0 Å². The van der Waals surface area contributed by atoms with Gasteiger partial charge < -0.3 is 19.6 Å². The zero-order valence-corrected chi connectivity index (χ0v) is 20.3. The minimum absolute atomic E-state index is 0.157. The van der Waals surface area contributed by atoms with Gasteiger partial charge in [0.15, 0.2) is 0 Å². The average molecular weight is 465 g/mol. The highest BCUT2D eigenvalue weighted by Crippen LogP contribution is 2.31. The van der Waals surface area contributed by atoms with E-state index in [-0.39, 0.29) is 11.5 Å². The molecule has 2 aromatic rings. The number of piperidine rings is 1. The number of benzene rings is 2. The van der Waals surface area contributed by atoms with Crippen molar-refractivity contribution in [1.29, 1.82) is 0 Å². The zero-order chi connectivity index (χ0) is 24.1. The molecule has 0 atom stereocenters. The number of amides is 1. The average Bonchev–Trinajstić information content (AvgIpc) is 2.84. The van der Waals surface area contributed by atoms with Gasteiger partial charge in [-0.05, 0) is 73.6 Å². The summed E-state index contributed by atoms with van der Waals surface area (Å²) in [5.41, 5.74) is 3.02. The van der Waals surface area contributed by atoms with Gasteiger partial charge in [0, 0.05) is 37.3 Å². The van der Waals surface area contributed by atoms with E-state index < -0.39 is 5.97 Å². The molecule has 34 heavy (non-hydrogen) atoms. The second-order valence-corrected chi connectivity index (χ2v) is 9.21. The van der Waals surface area contributed by atoms with Gasteiger partial charge in [-0.2, -0.15) is 0 Å². The van der Waals surface area contributed by atoms with Crippen LogP contribution in [0.25, 0.3) is 0 Å². The summed E-state index contributed by atoms with van der Waals surface area (Å²) in [5, 5.41) is 9.00. The van der Waals surface area contributed by atoms with Crippen molar-refractivity contribution >= 4 is 11.9 Å². The lowest BCUT2D eigenvalue weighted by molar-refractivity contribution is 0.0414. The Balaban J connectivity index is 0.00000133. The molecule has 182 valence electrons. The molecule has 3 aliphatic rings. The van der Waals surface area contributed by atoms with Crippen molar-refractivity contribution in [3.8, 4) is 5.75 Å². The molecule has 2 fully saturated rings. The maximum absolute atomic E-state index is 13.2. The number of carbonyl (C=O) groups is 2. The number of ether oxygens (including phenoxy) is 1. The van der Waals surface area contributed by atoms with Gasteiger partial charge in [-0.3, -0.25) is 4.79 Å². The van der Waals surface area contributed by atoms with Crippen LogP contribution >= 0.6 is 0 Å². The monoisotopic (exact) mass is 464 g/mol. The molecule has 1 amide bonds. The molecule has 5 rings (SSSR count). The molecule has 6 heteroatoms. The van der Waals surface area contributed by atoms with Crippen molar-refractivity contribution in [2.24, 2.45) is 0 Å². The third-order valence-corrected chi connectivity index (χ3v) is 7.33. The van der Waals surface area contributed by atoms with E-state index in [0.29, 0.717) is 12.6 Å². The minimum atomic E-state index is -0.935. The second kappa shape index (κ2) is 11.0. The molecule has 0 aromatic heterocycles.